The van der Waals surface area contributed by atoms with Gasteiger partial charge in [0.15, 0.2) is 11.5 Å². The summed E-state index contributed by atoms with van der Waals surface area (Å²) in [6, 6.07) is 9.04. The Kier molecular flexibility index (Phi) is 2.86. The van der Waals surface area contributed by atoms with Crippen LogP contribution in [-0.4, -0.2) is 18.8 Å². The van der Waals surface area contributed by atoms with Gasteiger partial charge in [0.2, 0.25) is 0 Å². The number of hydrogen-bond acceptors (Lipinski definition) is 3. The zero-order valence-electron chi connectivity index (χ0n) is 9.36. The first-order valence-corrected chi connectivity index (χ1v) is 5.18. The van der Waals surface area contributed by atoms with Crippen molar-refractivity contribution in [1.29, 1.82) is 0 Å². The largest absolute Gasteiger partial charge is 0.507 e. The minimum absolute atomic E-state index is 0.251. The number of phenolic OH excluding ortho intramolecular Hbond substituents is 1. The molecule has 0 atom stereocenters. The Morgan fingerprint density at radius 1 is 1.19 bits per heavy atom. The molecule has 3 nitrogen and oxygen atoms in total. The van der Waals surface area contributed by atoms with Gasteiger partial charge in [-0.2, -0.15) is 0 Å². The zero-order chi connectivity index (χ0) is 11.5. The molecule has 2 rings (SSSR count). The number of benzene rings is 2. The number of hydrogen-bond donors (Lipinski definition) is 1. The van der Waals surface area contributed by atoms with Crippen molar-refractivity contribution in [3.8, 4) is 17.2 Å². The summed E-state index contributed by atoms with van der Waals surface area (Å²) in [5.41, 5.74) is 0. The lowest BCUT2D eigenvalue weighted by molar-refractivity contribution is 0.311. The molecule has 1 N–H and O–H groups in total. The van der Waals surface area contributed by atoms with E-state index in [0.29, 0.717) is 18.1 Å². The summed E-state index contributed by atoms with van der Waals surface area (Å²) >= 11 is 0. The number of methoxy groups -OCH3 is 1. The number of rotatable bonds is 3. The van der Waals surface area contributed by atoms with Crippen LogP contribution >= 0.6 is 0 Å². The molecule has 0 unspecified atom stereocenters. The van der Waals surface area contributed by atoms with Crippen molar-refractivity contribution in [2.75, 3.05) is 13.7 Å². The van der Waals surface area contributed by atoms with Gasteiger partial charge in [-0.1, -0.05) is 12.1 Å². The van der Waals surface area contributed by atoms with Crippen LogP contribution < -0.4 is 9.47 Å². The molecule has 0 spiro atoms. The third-order valence-corrected chi connectivity index (χ3v) is 2.44. The van der Waals surface area contributed by atoms with Gasteiger partial charge in [0.1, 0.15) is 5.75 Å². The molecule has 2 aromatic rings. The van der Waals surface area contributed by atoms with E-state index in [1.807, 2.05) is 19.1 Å². The van der Waals surface area contributed by atoms with Crippen LogP contribution in [0.4, 0.5) is 0 Å². The van der Waals surface area contributed by atoms with Gasteiger partial charge < -0.3 is 14.6 Å². The monoisotopic (exact) mass is 218 g/mol. The van der Waals surface area contributed by atoms with Crippen molar-refractivity contribution in [2.45, 2.75) is 6.92 Å². The minimum Gasteiger partial charge on any atom is -0.507 e. The molecule has 0 bridgehead atoms. The molecule has 84 valence electrons. The molecule has 0 aromatic heterocycles. The number of aromatic hydroxyl groups is 1. The molecule has 16 heavy (non-hydrogen) atoms. The van der Waals surface area contributed by atoms with Crippen molar-refractivity contribution in [3.05, 3.63) is 30.3 Å². The molecular weight excluding hydrogens is 204 g/mol. The lowest BCUT2D eigenvalue weighted by Crippen LogP contribution is -1.95. The van der Waals surface area contributed by atoms with Gasteiger partial charge in [-0.15, -0.1) is 0 Å². The van der Waals surface area contributed by atoms with Crippen LogP contribution in [0.2, 0.25) is 0 Å². The van der Waals surface area contributed by atoms with E-state index >= 15 is 0 Å². The Labute approximate surface area is 94.2 Å². The lowest BCUT2D eigenvalue weighted by Gasteiger charge is -2.11. The normalized spacial score (nSPS) is 10.4. The molecule has 2 aromatic carbocycles. The third-order valence-electron chi connectivity index (χ3n) is 2.44. The standard InChI is InChI=1S/C13H14O3/c1-3-16-13-8-10-9(7-12(13)15-2)5-4-6-11(10)14/h4-8,14H,3H2,1-2H3. The molecular formula is C13H14O3. The molecule has 0 saturated carbocycles. The van der Waals surface area contributed by atoms with Gasteiger partial charge in [0.05, 0.1) is 13.7 Å². The van der Waals surface area contributed by atoms with Gasteiger partial charge in [-0.3, -0.25) is 0 Å². The van der Waals surface area contributed by atoms with Gasteiger partial charge in [0, 0.05) is 5.39 Å². The highest BCUT2D eigenvalue weighted by molar-refractivity contribution is 5.90. The van der Waals surface area contributed by atoms with Crippen molar-refractivity contribution >= 4 is 10.8 Å². The molecule has 0 radical (unpaired) electrons. The van der Waals surface area contributed by atoms with E-state index in [9.17, 15) is 5.11 Å². The summed E-state index contributed by atoms with van der Waals surface area (Å²) in [5.74, 6) is 1.58. The van der Waals surface area contributed by atoms with E-state index in [1.165, 1.54) is 0 Å². The summed E-state index contributed by atoms with van der Waals surface area (Å²) in [4.78, 5) is 0. The molecule has 0 amide bonds. The third kappa shape index (κ3) is 1.76. The Morgan fingerprint density at radius 2 is 2.00 bits per heavy atom. The average molecular weight is 218 g/mol. The topological polar surface area (TPSA) is 38.7 Å². The fourth-order valence-electron chi connectivity index (χ4n) is 1.70. The Balaban J connectivity index is 2.65. The van der Waals surface area contributed by atoms with E-state index < -0.39 is 0 Å². The fraction of sp³-hybridized carbons (Fsp3) is 0.231. The van der Waals surface area contributed by atoms with Crippen LogP contribution in [0.25, 0.3) is 10.8 Å². The van der Waals surface area contributed by atoms with Crippen molar-refractivity contribution in [3.63, 3.8) is 0 Å². The average Bonchev–Trinajstić information content (AvgIpc) is 2.30. The number of ether oxygens (including phenoxy) is 2. The summed E-state index contributed by atoms with van der Waals surface area (Å²) in [5, 5.41) is 11.4. The second kappa shape index (κ2) is 4.31. The minimum atomic E-state index is 0.251. The van der Waals surface area contributed by atoms with Gasteiger partial charge in [0.25, 0.3) is 0 Å². The Morgan fingerprint density at radius 3 is 2.69 bits per heavy atom. The quantitative estimate of drug-likeness (QED) is 0.860. The van der Waals surface area contributed by atoms with E-state index in [-0.39, 0.29) is 5.75 Å². The zero-order valence-corrected chi connectivity index (χ0v) is 9.36. The highest BCUT2D eigenvalue weighted by Gasteiger charge is 2.08. The van der Waals surface area contributed by atoms with E-state index in [0.717, 1.165) is 10.8 Å². The molecule has 0 heterocycles. The van der Waals surface area contributed by atoms with Crippen LogP contribution in [-0.2, 0) is 0 Å². The summed E-state index contributed by atoms with van der Waals surface area (Å²) in [6.07, 6.45) is 0. The maximum atomic E-state index is 9.73. The predicted octanol–water partition coefficient (Wildman–Crippen LogP) is 2.95. The second-order valence-corrected chi connectivity index (χ2v) is 3.43. The van der Waals surface area contributed by atoms with E-state index in [1.54, 1.807) is 25.3 Å². The van der Waals surface area contributed by atoms with Crippen molar-refractivity contribution < 1.29 is 14.6 Å². The van der Waals surface area contributed by atoms with Gasteiger partial charge >= 0.3 is 0 Å². The Hall–Kier alpha value is -1.90. The maximum absolute atomic E-state index is 9.73. The predicted molar refractivity (Wildman–Crippen MR) is 63.3 cm³/mol. The smallest absolute Gasteiger partial charge is 0.161 e. The lowest BCUT2D eigenvalue weighted by atomic mass is 10.1. The fourth-order valence-corrected chi connectivity index (χ4v) is 1.70. The highest BCUT2D eigenvalue weighted by Crippen LogP contribution is 2.35. The van der Waals surface area contributed by atoms with E-state index in [2.05, 4.69) is 0 Å². The summed E-state index contributed by atoms with van der Waals surface area (Å²) in [6.45, 7) is 2.48. The van der Waals surface area contributed by atoms with Crippen LogP contribution in [0.5, 0.6) is 17.2 Å². The maximum Gasteiger partial charge on any atom is 0.161 e. The SMILES string of the molecule is CCOc1cc2c(O)cccc2cc1OC. The molecule has 0 aliphatic carbocycles. The van der Waals surface area contributed by atoms with Crippen molar-refractivity contribution in [2.24, 2.45) is 0 Å². The summed E-state index contributed by atoms with van der Waals surface area (Å²) < 4.78 is 10.7. The molecule has 0 saturated heterocycles. The molecule has 0 aliphatic rings. The molecule has 0 aliphatic heterocycles. The van der Waals surface area contributed by atoms with Crippen LogP contribution in [0, 0.1) is 0 Å². The van der Waals surface area contributed by atoms with Crippen LogP contribution in [0.15, 0.2) is 30.3 Å². The summed E-state index contributed by atoms with van der Waals surface area (Å²) in [7, 11) is 1.60. The highest BCUT2D eigenvalue weighted by atomic mass is 16.5. The molecule has 3 heteroatoms. The second-order valence-electron chi connectivity index (χ2n) is 3.43. The van der Waals surface area contributed by atoms with Crippen LogP contribution in [0.1, 0.15) is 6.92 Å². The number of fused-ring (bicyclic) bond motifs is 1. The van der Waals surface area contributed by atoms with Crippen LogP contribution in [0.3, 0.4) is 0 Å². The van der Waals surface area contributed by atoms with E-state index in [4.69, 9.17) is 9.47 Å². The first kappa shape index (κ1) is 10.6. The first-order valence-electron chi connectivity index (χ1n) is 5.18. The van der Waals surface area contributed by atoms with Crippen molar-refractivity contribution in [1.82, 2.24) is 0 Å². The molecule has 0 fully saturated rings. The Bertz CT molecular complexity index is 506. The first-order chi connectivity index (χ1) is 7.76. The van der Waals surface area contributed by atoms with Gasteiger partial charge in [-0.05, 0) is 30.5 Å². The number of phenols is 1. The van der Waals surface area contributed by atoms with Gasteiger partial charge in [-0.25, -0.2) is 0 Å².